The number of hydrogen-bond acceptors (Lipinski definition) is 4. The first-order valence-electron chi connectivity index (χ1n) is 7.04. The van der Waals surface area contributed by atoms with Crippen molar-refractivity contribution < 1.29 is 9.84 Å². The van der Waals surface area contributed by atoms with E-state index in [1.165, 1.54) is 0 Å². The maximum absolute atomic E-state index is 9.36. The number of ether oxygens (including phenoxy) is 1. The van der Waals surface area contributed by atoms with Gasteiger partial charge in [0.15, 0.2) is 0 Å². The number of anilines is 2. The summed E-state index contributed by atoms with van der Waals surface area (Å²) in [7, 11) is 0. The molecule has 0 aromatic heterocycles. The zero-order chi connectivity index (χ0) is 13.8. The zero-order valence-corrected chi connectivity index (χ0v) is 11.7. The molecule has 106 valence electrons. The zero-order valence-electron chi connectivity index (χ0n) is 11.7. The fraction of sp³-hybridized carbons (Fsp3) is 0.600. The molecular formula is C15H24N2O2. The topological polar surface area (TPSA) is 67.5 Å². The lowest BCUT2D eigenvalue weighted by molar-refractivity contribution is 0.222. The Bertz CT molecular complexity index is 421. The molecule has 1 aliphatic rings. The van der Waals surface area contributed by atoms with E-state index < -0.39 is 0 Å². The Balaban J connectivity index is 2.12. The Morgan fingerprint density at radius 2 is 2.21 bits per heavy atom. The molecule has 19 heavy (non-hydrogen) atoms. The summed E-state index contributed by atoms with van der Waals surface area (Å²) < 4.78 is 5.69. The maximum Gasteiger partial charge on any atom is 0.144 e. The van der Waals surface area contributed by atoms with Gasteiger partial charge in [-0.25, -0.2) is 0 Å². The number of hydrogen-bond donors (Lipinski definition) is 3. The van der Waals surface area contributed by atoms with E-state index in [4.69, 9.17) is 10.5 Å². The van der Waals surface area contributed by atoms with Gasteiger partial charge in [0.2, 0.25) is 0 Å². The lowest BCUT2D eigenvalue weighted by atomic mass is 10.0. The number of benzene rings is 1. The van der Waals surface area contributed by atoms with Crippen LogP contribution in [0.3, 0.4) is 0 Å². The van der Waals surface area contributed by atoms with Crippen LogP contribution in [-0.2, 0) is 0 Å². The Morgan fingerprint density at radius 3 is 2.89 bits per heavy atom. The molecule has 0 radical (unpaired) electrons. The first-order valence-corrected chi connectivity index (χ1v) is 7.04. The van der Waals surface area contributed by atoms with Gasteiger partial charge in [0.25, 0.3) is 0 Å². The molecule has 1 fully saturated rings. The molecule has 2 rings (SSSR count). The van der Waals surface area contributed by atoms with Crippen LogP contribution in [0.1, 0.15) is 33.1 Å². The molecule has 1 aliphatic carbocycles. The van der Waals surface area contributed by atoms with Crippen molar-refractivity contribution in [3.05, 3.63) is 18.2 Å². The van der Waals surface area contributed by atoms with Crippen LogP contribution in [-0.4, -0.2) is 23.9 Å². The summed E-state index contributed by atoms with van der Waals surface area (Å²) in [6.45, 7) is 4.20. The summed E-state index contributed by atoms with van der Waals surface area (Å²) in [5.74, 6) is 1.05. The average molecular weight is 264 g/mol. The average Bonchev–Trinajstić information content (AvgIpc) is 2.81. The molecule has 4 heteroatoms. The minimum atomic E-state index is 0.106. The van der Waals surface area contributed by atoms with E-state index in [1.807, 2.05) is 32.0 Å². The van der Waals surface area contributed by atoms with Gasteiger partial charge in [0.05, 0.1) is 17.5 Å². The smallest absolute Gasteiger partial charge is 0.144 e. The third kappa shape index (κ3) is 3.32. The third-order valence-electron chi connectivity index (χ3n) is 3.66. The number of nitrogens with two attached hydrogens (primary N) is 1. The van der Waals surface area contributed by atoms with Gasteiger partial charge in [-0.3, -0.25) is 0 Å². The predicted molar refractivity (Wildman–Crippen MR) is 78.5 cm³/mol. The first kappa shape index (κ1) is 14.0. The first-order chi connectivity index (χ1) is 9.11. The van der Waals surface area contributed by atoms with E-state index in [-0.39, 0.29) is 12.7 Å². The normalized spacial score (nSPS) is 22.7. The highest BCUT2D eigenvalue weighted by Crippen LogP contribution is 2.34. The van der Waals surface area contributed by atoms with Gasteiger partial charge in [-0.15, -0.1) is 0 Å². The summed E-state index contributed by atoms with van der Waals surface area (Å²) >= 11 is 0. The minimum absolute atomic E-state index is 0.106. The fourth-order valence-electron chi connectivity index (χ4n) is 2.67. The van der Waals surface area contributed by atoms with Gasteiger partial charge >= 0.3 is 0 Å². The quantitative estimate of drug-likeness (QED) is 0.715. The summed E-state index contributed by atoms with van der Waals surface area (Å²) in [6, 6.07) is 6.11. The molecule has 2 unspecified atom stereocenters. The second kappa shape index (κ2) is 6.15. The van der Waals surface area contributed by atoms with Crippen molar-refractivity contribution in [1.29, 1.82) is 0 Å². The summed E-state index contributed by atoms with van der Waals surface area (Å²) in [5, 5.41) is 12.8. The Kier molecular flexibility index (Phi) is 4.53. The predicted octanol–water partition coefficient (Wildman–Crippen LogP) is 2.63. The lowest BCUT2D eigenvalue weighted by Gasteiger charge is -2.22. The molecule has 1 saturated carbocycles. The highest BCUT2D eigenvalue weighted by molar-refractivity contribution is 5.73. The van der Waals surface area contributed by atoms with E-state index in [2.05, 4.69) is 5.32 Å². The van der Waals surface area contributed by atoms with Crippen LogP contribution in [0.15, 0.2) is 18.2 Å². The standard InChI is InChI=1S/C15H24N2O2/c1-10(2)19-14-8-4-7-13(15(14)16)17-12-6-3-5-11(12)9-18/h4,7-8,10-12,17-18H,3,5-6,9,16H2,1-2H3. The van der Waals surface area contributed by atoms with Crippen molar-refractivity contribution in [3.63, 3.8) is 0 Å². The molecule has 0 saturated heterocycles. The van der Waals surface area contributed by atoms with Gasteiger partial charge < -0.3 is 20.9 Å². The SMILES string of the molecule is CC(C)Oc1cccc(NC2CCCC2CO)c1N. The van der Waals surface area contributed by atoms with E-state index in [0.29, 0.717) is 17.6 Å². The fourth-order valence-corrected chi connectivity index (χ4v) is 2.67. The van der Waals surface area contributed by atoms with E-state index in [0.717, 1.165) is 30.7 Å². The molecule has 0 bridgehead atoms. The van der Waals surface area contributed by atoms with Gasteiger partial charge in [-0.2, -0.15) is 0 Å². The molecule has 0 heterocycles. The van der Waals surface area contributed by atoms with E-state index in [9.17, 15) is 5.11 Å². The third-order valence-corrected chi connectivity index (χ3v) is 3.66. The van der Waals surface area contributed by atoms with Crippen LogP contribution in [0.5, 0.6) is 5.75 Å². The van der Waals surface area contributed by atoms with Crippen LogP contribution < -0.4 is 15.8 Å². The Hall–Kier alpha value is -1.42. The second-order valence-corrected chi connectivity index (χ2v) is 5.51. The number of aliphatic hydroxyl groups excluding tert-OH is 1. The van der Waals surface area contributed by atoms with Crippen molar-refractivity contribution in [2.24, 2.45) is 5.92 Å². The molecule has 1 aromatic carbocycles. The van der Waals surface area contributed by atoms with Crippen molar-refractivity contribution >= 4 is 11.4 Å². The lowest BCUT2D eigenvalue weighted by Crippen LogP contribution is -2.26. The highest BCUT2D eigenvalue weighted by Gasteiger charge is 2.27. The maximum atomic E-state index is 9.36. The van der Waals surface area contributed by atoms with Crippen LogP contribution in [0.25, 0.3) is 0 Å². The highest BCUT2D eigenvalue weighted by atomic mass is 16.5. The number of nitrogens with one attached hydrogen (secondary N) is 1. The molecule has 4 nitrogen and oxygen atoms in total. The molecule has 0 aliphatic heterocycles. The molecule has 1 aromatic rings. The monoisotopic (exact) mass is 264 g/mol. The Labute approximate surface area is 115 Å². The molecular weight excluding hydrogens is 240 g/mol. The van der Waals surface area contributed by atoms with Gasteiger partial charge in [-0.1, -0.05) is 12.5 Å². The minimum Gasteiger partial charge on any atom is -0.489 e. The summed E-state index contributed by atoms with van der Waals surface area (Å²) in [5.41, 5.74) is 7.71. The van der Waals surface area contributed by atoms with Crippen LogP contribution in [0.4, 0.5) is 11.4 Å². The summed E-state index contributed by atoms with van der Waals surface area (Å²) in [6.07, 6.45) is 3.43. The number of aliphatic hydroxyl groups is 1. The van der Waals surface area contributed by atoms with Gasteiger partial charge in [0.1, 0.15) is 5.75 Å². The van der Waals surface area contributed by atoms with Crippen LogP contribution >= 0.6 is 0 Å². The number of para-hydroxylation sites is 1. The molecule has 0 amide bonds. The Morgan fingerprint density at radius 1 is 1.42 bits per heavy atom. The van der Waals surface area contributed by atoms with E-state index in [1.54, 1.807) is 0 Å². The number of rotatable bonds is 5. The van der Waals surface area contributed by atoms with Crippen LogP contribution in [0, 0.1) is 5.92 Å². The van der Waals surface area contributed by atoms with Gasteiger partial charge in [0, 0.05) is 18.6 Å². The van der Waals surface area contributed by atoms with Crippen LogP contribution in [0.2, 0.25) is 0 Å². The van der Waals surface area contributed by atoms with Crippen molar-refractivity contribution in [2.75, 3.05) is 17.7 Å². The van der Waals surface area contributed by atoms with Crippen molar-refractivity contribution in [3.8, 4) is 5.75 Å². The van der Waals surface area contributed by atoms with Gasteiger partial charge in [-0.05, 0) is 38.8 Å². The second-order valence-electron chi connectivity index (χ2n) is 5.51. The molecule has 2 atom stereocenters. The summed E-state index contributed by atoms with van der Waals surface area (Å²) in [4.78, 5) is 0. The molecule has 4 N–H and O–H groups in total. The number of nitrogen functional groups attached to an aromatic ring is 1. The largest absolute Gasteiger partial charge is 0.489 e. The van der Waals surface area contributed by atoms with Crippen molar-refractivity contribution in [1.82, 2.24) is 0 Å². The molecule has 0 spiro atoms. The van der Waals surface area contributed by atoms with Crippen molar-refractivity contribution in [2.45, 2.75) is 45.3 Å². The van der Waals surface area contributed by atoms with E-state index >= 15 is 0 Å².